The standard InChI is InChI=1S/C6H12BO/c1-5(8)7-6(2,3)4/h1-4H3. The monoisotopic (exact) mass is 111 g/mol. The highest BCUT2D eigenvalue weighted by atomic mass is 16.1. The van der Waals surface area contributed by atoms with Gasteiger partial charge >= 0.3 is 0 Å². The molecule has 0 amide bonds. The van der Waals surface area contributed by atoms with Gasteiger partial charge in [0, 0.05) is 0 Å². The van der Waals surface area contributed by atoms with E-state index in [1.807, 2.05) is 20.8 Å². The van der Waals surface area contributed by atoms with Gasteiger partial charge in [-0.3, -0.25) is 0 Å². The van der Waals surface area contributed by atoms with E-state index >= 15 is 0 Å². The van der Waals surface area contributed by atoms with Crippen molar-refractivity contribution in [2.24, 2.45) is 0 Å². The molecule has 1 nitrogen and oxygen atoms in total. The first-order valence-electron chi connectivity index (χ1n) is 2.78. The zero-order valence-electron chi connectivity index (χ0n) is 5.99. The molecule has 8 heavy (non-hydrogen) atoms. The van der Waals surface area contributed by atoms with Crippen LogP contribution in [-0.2, 0) is 4.79 Å². The molecule has 0 saturated carbocycles. The average molecular weight is 111 g/mol. The smallest absolute Gasteiger partial charge is 0.208 e. The van der Waals surface area contributed by atoms with Crippen LogP contribution in [0.25, 0.3) is 0 Å². The molecule has 0 N–H and O–H groups in total. The van der Waals surface area contributed by atoms with E-state index in [-0.39, 0.29) is 11.0 Å². The van der Waals surface area contributed by atoms with Crippen LogP contribution in [0.15, 0.2) is 0 Å². The topological polar surface area (TPSA) is 17.1 Å². The average Bonchev–Trinajstić information content (AvgIpc) is 1.21. The van der Waals surface area contributed by atoms with E-state index in [4.69, 9.17) is 0 Å². The molecule has 0 atom stereocenters. The Morgan fingerprint density at radius 3 is 1.75 bits per heavy atom. The van der Waals surface area contributed by atoms with Crippen molar-refractivity contribution in [1.29, 1.82) is 0 Å². The lowest BCUT2D eigenvalue weighted by Crippen LogP contribution is -2.15. The molecular weight excluding hydrogens is 98.9 g/mol. The van der Waals surface area contributed by atoms with E-state index in [1.54, 1.807) is 14.2 Å². The van der Waals surface area contributed by atoms with Gasteiger partial charge in [-0.1, -0.05) is 26.1 Å². The van der Waals surface area contributed by atoms with Crippen molar-refractivity contribution in [1.82, 2.24) is 0 Å². The Morgan fingerprint density at radius 1 is 1.38 bits per heavy atom. The van der Waals surface area contributed by atoms with Gasteiger partial charge in [-0.15, -0.1) is 0 Å². The summed E-state index contributed by atoms with van der Waals surface area (Å²) in [7, 11) is 1.72. The van der Waals surface area contributed by atoms with E-state index in [0.29, 0.717) is 0 Å². The van der Waals surface area contributed by atoms with Crippen molar-refractivity contribution in [3.8, 4) is 0 Å². The second kappa shape index (κ2) is 2.34. The van der Waals surface area contributed by atoms with Crippen LogP contribution in [0, 0.1) is 0 Å². The number of carbonyl (C=O) groups excluding carboxylic acids is 1. The largest absolute Gasteiger partial charge is 0.312 e. The highest BCUT2D eigenvalue weighted by Gasteiger charge is 2.14. The van der Waals surface area contributed by atoms with E-state index < -0.39 is 0 Å². The molecule has 0 bridgehead atoms. The summed E-state index contributed by atoms with van der Waals surface area (Å²) < 4.78 is 0. The Balaban J connectivity index is 3.55. The van der Waals surface area contributed by atoms with Crippen molar-refractivity contribution in [3.63, 3.8) is 0 Å². The molecule has 0 saturated heterocycles. The fraction of sp³-hybridized carbons (Fsp3) is 0.833. The SMILES string of the molecule is CC(=O)[B]C(C)(C)C. The summed E-state index contributed by atoms with van der Waals surface area (Å²) in [6.07, 6.45) is 0. The summed E-state index contributed by atoms with van der Waals surface area (Å²) in [5.41, 5.74) is 0.150. The second-order valence-electron chi connectivity index (χ2n) is 3.12. The molecule has 0 aromatic carbocycles. The van der Waals surface area contributed by atoms with Crippen LogP contribution in [0.4, 0.5) is 0 Å². The van der Waals surface area contributed by atoms with Gasteiger partial charge in [0.05, 0.1) is 5.68 Å². The first-order valence-corrected chi connectivity index (χ1v) is 2.78. The van der Waals surface area contributed by atoms with Crippen LogP contribution in [0.3, 0.4) is 0 Å². The Labute approximate surface area is 51.7 Å². The lowest BCUT2D eigenvalue weighted by atomic mass is 9.53. The molecule has 0 aliphatic heterocycles. The summed E-state index contributed by atoms with van der Waals surface area (Å²) in [6.45, 7) is 7.60. The molecular formula is C6H12BO. The van der Waals surface area contributed by atoms with Crippen LogP contribution in [-0.4, -0.2) is 13.0 Å². The summed E-state index contributed by atoms with van der Waals surface area (Å²) in [5, 5.41) is 0.0475. The van der Waals surface area contributed by atoms with Gasteiger partial charge in [0.2, 0.25) is 7.28 Å². The summed E-state index contributed by atoms with van der Waals surface area (Å²) in [6, 6.07) is 0. The molecule has 0 aromatic heterocycles. The van der Waals surface area contributed by atoms with Crippen molar-refractivity contribution in [3.05, 3.63) is 0 Å². The minimum Gasteiger partial charge on any atom is -0.312 e. The number of rotatable bonds is 1. The van der Waals surface area contributed by atoms with Crippen molar-refractivity contribution < 1.29 is 4.79 Å². The molecule has 0 spiro atoms. The van der Waals surface area contributed by atoms with Crippen LogP contribution >= 0.6 is 0 Å². The van der Waals surface area contributed by atoms with Gasteiger partial charge in [0.15, 0.2) is 0 Å². The Hall–Kier alpha value is -0.265. The minimum atomic E-state index is 0.0475. The third kappa shape index (κ3) is 5.73. The van der Waals surface area contributed by atoms with E-state index in [9.17, 15) is 4.79 Å². The van der Waals surface area contributed by atoms with Crippen LogP contribution in [0.1, 0.15) is 27.7 Å². The normalized spacial score (nSPS) is 11.0. The molecule has 0 rings (SSSR count). The van der Waals surface area contributed by atoms with Gasteiger partial charge in [-0.2, -0.15) is 0 Å². The van der Waals surface area contributed by atoms with Crippen LogP contribution < -0.4 is 0 Å². The third-order valence-electron chi connectivity index (χ3n) is 0.636. The Morgan fingerprint density at radius 2 is 1.75 bits per heavy atom. The maximum Gasteiger partial charge on any atom is 0.208 e. The van der Waals surface area contributed by atoms with Gasteiger partial charge in [0.1, 0.15) is 0 Å². The molecule has 0 heterocycles. The van der Waals surface area contributed by atoms with Crippen LogP contribution in [0.5, 0.6) is 0 Å². The lowest BCUT2D eigenvalue weighted by Gasteiger charge is -2.12. The molecule has 0 aromatic rings. The summed E-state index contributed by atoms with van der Waals surface area (Å²) in [5.74, 6) is 0. The zero-order chi connectivity index (χ0) is 6.78. The summed E-state index contributed by atoms with van der Waals surface area (Å²) >= 11 is 0. The molecule has 0 aliphatic carbocycles. The van der Waals surface area contributed by atoms with Crippen LogP contribution in [0.2, 0.25) is 5.31 Å². The predicted molar refractivity (Wildman–Crippen MR) is 36.1 cm³/mol. The highest BCUT2D eigenvalue weighted by molar-refractivity contribution is 6.75. The van der Waals surface area contributed by atoms with Crippen molar-refractivity contribution >= 4 is 13.0 Å². The first kappa shape index (κ1) is 7.73. The maximum absolute atomic E-state index is 10.4. The van der Waals surface area contributed by atoms with Gasteiger partial charge in [-0.05, 0) is 6.92 Å². The van der Waals surface area contributed by atoms with E-state index in [2.05, 4.69) is 0 Å². The number of hydrogen-bond acceptors (Lipinski definition) is 1. The van der Waals surface area contributed by atoms with Gasteiger partial charge in [0.25, 0.3) is 0 Å². The fourth-order valence-corrected chi connectivity index (χ4v) is 0.610. The second-order valence-corrected chi connectivity index (χ2v) is 3.12. The zero-order valence-corrected chi connectivity index (χ0v) is 5.99. The third-order valence-corrected chi connectivity index (χ3v) is 0.636. The summed E-state index contributed by atoms with van der Waals surface area (Å²) in [4.78, 5) is 10.4. The lowest BCUT2D eigenvalue weighted by molar-refractivity contribution is -0.110. The molecule has 2 heteroatoms. The molecule has 0 aliphatic rings. The quantitative estimate of drug-likeness (QED) is 0.468. The fourth-order valence-electron chi connectivity index (χ4n) is 0.610. The molecule has 0 unspecified atom stereocenters. The highest BCUT2D eigenvalue weighted by Crippen LogP contribution is 2.19. The van der Waals surface area contributed by atoms with E-state index in [1.165, 1.54) is 0 Å². The maximum atomic E-state index is 10.4. The van der Waals surface area contributed by atoms with Gasteiger partial charge in [-0.25, -0.2) is 0 Å². The number of hydrogen-bond donors (Lipinski definition) is 0. The first-order chi connectivity index (χ1) is 3.42. The number of carbonyl (C=O) groups is 1. The molecule has 1 radical (unpaired) electrons. The molecule has 0 fully saturated rings. The van der Waals surface area contributed by atoms with Crippen molar-refractivity contribution in [2.45, 2.75) is 33.0 Å². The Bertz CT molecular complexity index is 91.2. The molecule has 45 valence electrons. The van der Waals surface area contributed by atoms with Gasteiger partial charge < -0.3 is 4.79 Å². The van der Waals surface area contributed by atoms with Crippen molar-refractivity contribution in [2.75, 3.05) is 0 Å². The predicted octanol–water partition coefficient (Wildman–Crippen LogP) is 1.46. The Kier molecular flexibility index (Phi) is 2.26. The van der Waals surface area contributed by atoms with E-state index in [0.717, 1.165) is 0 Å². The minimum absolute atomic E-state index is 0.0475.